The summed E-state index contributed by atoms with van der Waals surface area (Å²) in [6, 6.07) is -0.0527. The lowest BCUT2D eigenvalue weighted by Crippen LogP contribution is -2.54. The molecule has 0 bridgehead atoms. The van der Waals surface area contributed by atoms with Crippen LogP contribution in [0.3, 0.4) is 0 Å². The lowest BCUT2D eigenvalue weighted by molar-refractivity contribution is -0.139. The summed E-state index contributed by atoms with van der Waals surface area (Å²) in [6.45, 7) is 5.29. The van der Waals surface area contributed by atoms with Gasteiger partial charge in [0.15, 0.2) is 0 Å². The molecule has 6 heteroatoms. The zero-order valence-corrected chi connectivity index (χ0v) is 11.3. The molecule has 2 fully saturated rings. The Balaban J connectivity index is 1.50. The smallest absolute Gasteiger partial charge is 0.317 e. The molecule has 19 heavy (non-hydrogen) atoms. The van der Waals surface area contributed by atoms with Gasteiger partial charge in [0.2, 0.25) is 0 Å². The molecule has 2 heterocycles. The average molecular weight is 269 g/mol. The van der Waals surface area contributed by atoms with Gasteiger partial charge in [0.25, 0.3) is 0 Å². The van der Waals surface area contributed by atoms with Crippen molar-refractivity contribution in [2.45, 2.75) is 25.7 Å². The van der Waals surface area contributed by atoms with Gasteiger partial charge in [-0.1, -0.05) is 0 Å². The highest BCUT2D eigenvalue weighted by Crippen LogP contribution is 2.18. The van der Waals surface area contributed by atoms with Crippen LogP contribution in [0, 0.1) is 5.92 Å². The minimum Gasteiger partial charge on any atom is -0.481 e. The van der Waals surface area contributed by atoms with E-state index in [9.17, 15) is 9.59 Å². The molecule has 0 aromatic carbocycles. The van der Waals surface area contributed by atoms with Gasteiger partial charge in [-0.3, -0.25) is 4.79 Å². The molecule has 0 aromatic heterocycles. The molecule has 0 spiro atoms. The van der Waals surface area contributed by atoms with Gasteiger partial charge in [0.1, 0.15) is 0 Å². The van der Waals surface area contributed by atoms with Crippen LogP contribution in [0.15, 0.2) is 0 Å². The Hall–Kier alpha value is -1.30. The summed E-state index contributed by atoms with van der Waals surface area (Å²) in [6.07, 6.45) is 3.74. The molecule has 0 radical (unpaired) electrons. The highest BCUT2D eigenvalue weighted by atomic mass is 16.4. The van der Waals surface area contributed by atoms with Crippen molar-refractivity contribution in [3.63, 3.8) is 0 Å². The molecule has 0 aliphatic carbocycles. The summed E-state index contributed by atoms with van der Waals surface area (Å²) >= 11 is 0. The Bertz CT molecular complexity index is 323. The zero-order valence-electron chi connectivity index (χ0n) is 11.3. The van der Waals surface area contributed by atoms with E-state index in [1.165, 1.54) is 25.9 Å². The van der Waals surface area contributed by atoms with Crippen molar-refractivity contribution in [3.05, 3.63) is 0 Å². The Morgan fingerprint density at radius 1 is 1.21 bits per heavy atom. The number of hydrogen-bond donors (Lipinski definition) is 2. The summed E-state index contributed by atoms with van der Waals surface area (Å²) < 4.78 is 0. The second kappa shape index (κ2) is 6.75. The molecule has 0 atom stereocenters. The Morgan fingerprint density at radius 3 is 2.53 bits per heavy atom. The lowest BCUT2D eigenvalue weighted by Gasteiger charge is -2.38. The molecule has 2 N–H and O–H groups in total. The minimum absolute atomic E-state index is 0.0527. The van der Waals surface area contributed by atoms with Crippen molar-refractivity contribution in [3.8, 4) is 0 Å². The number of rotatable bonds is 6. The second-order valence-electron chi connectivity index (χ2n) is 5.50. The van der Waals surface area contributed by atoms with Crippen LogP contribution in [0.4, 0.5) is 4.79 Å². The minimum atomic E-state index is -0.782. The summed E-state index contributed by atoms with van der Waals surface area (Å²) in [5.41, 5.74) is 0. The standard InChI is InChI=1S/C13H23N3O3/c17-12(18)8-11-9-16(10-11)13(19)14-4-3-7-15-5-1-2-6-15/h11H,1-10H2,(H,14,19)(H,17,18). The Kier molecular flexibility index (Phi) is 5.01. The number of urea groups is 1. The fraction of sp³-hybridized carbons (Fsp3) is 0.846. The van der Waals surface area contributed by atoms with Gasteiger partial charge in [-0.05, 0) is 38.9 Å². The van der Waals surface area contributed by atoms with Gasteiger partial charge in [-0.2, -0.15) is 0 Å². The monoisotopic (exact) mass is 269 g/mol. The predicted molar refractivity (Wildman–Crippen MR) is 71.0 cm³/mol. The highest BCUT2D eigenvalue weighted by Gasteiger charge is 2.31. The van der Waals surface area contributed by atoms with E-state index in [1.807, 2.05) is 0 Å². The molecule has 2 rings (SSSR count). The van der Waals surface area contributed by atoms with Gasteiger partial charge in [-0.25, -0.2) is 4.79 Å². The number of carboxylic acid groups (broad SMARTS) is 1. The van der Waals surface area contributed by atoms with Crippen LogP contribution in [0.2, 0.25) is 0 Å². The number of aliphatic carboxylic acids is 1. The van der Waals surface area contributed by atoms with Crippen LogP contribution in [-0.2, 0) is 4.79 Å². The molecular weight excluding hydrogens is 246 g/mol. The summed E-state index contributed by atoms with van der Waals surface area (Å²) in [7, 11) is 0. The second-order valence-corrected chi connectivity index (χ2v) is 5.50. The molecular formula is C13H23N3O3. The van der Waals surface area contributed by atoms with Crippen molar-refractivity contribution < 1.29 is 14.7 Å². The third-order valence-corrected chi connectivity index (χ3v) is 3.83. The van der Waals surface area contributed by atoms with Crippen molar-refractivity contribution >= 4 is 12.0 Å². The first-order valence-electron chi connectivity index (χ1n) is 7.12. The van der Waals surface area contributed by atoms with Gasteiger partial charge in [0, 0.05) is 25.6 Å². The van der Waals surface area contributed by atoms with E-state index in [0.29, 0.717) is 19.6 Å². The number of likely N-dealkylation sites (tertiary alicyclic amines) is 2. The quantitative estimate of drug-likeness (QED) is 0.692. The van der Waals surface area contributed by atoms with Crippen LogP contribution >= 0.6 is 0 Å². The van der Waals surface area contributed by atoms with E-state index in [1.54, 1.807) is 4.90 Å². The van der Waals surface area contributed by atoms with Gasteiger partial charge >= 0.3 is 12.0 Å². The zero-order chi connectivity index (χ0) is 13.7. The predicted octanol–water partition coefficient (Wildman–Crippen LogP) is 0.588. The highest BCUT2D eigenvalue weighted by molar-refractivity contribution is 5.75. The van der Waals surface area contributed by atoms with E-state index < -0.39 is 5.97 Å². The SMILES string of the molecule is O=C(O)CC1CN(C(=O)NCCCN2CCCC2)C1. The van der Waals surface area contributed by atoms with E-state index >= 15 is 0 Å². The molecule has 0 aromatic rings. The molecule has 2 saturated heterocycles. The summed E-state index contributed by atoms with van der Waals surface area (Å²) in [5.74, 6) is -0.650. The molecule has 0 unspecified atom stereocenters. The van der Waals surface area contributed by atoms with Crippen LogP contribution < -0.4 is 5.32 Å². The molecule has 0 saturated carbocycles. The summed E-state index contributed by atoms with van der Waals surface area (Å²) in [4.78, 5) is 26.3. The maximum Gasteiger partial charge on any atom is 0.317 e. The van der Waals surface area contributed by atoms with Crippen LogP contribution in [0.1, 0.15) is 25.7 Å². The largest absolute Gasteiger partial charge is 0.481 e. The summed E-state index contributed by atoms with van der Waals surface area (Å²) in [5, 5.41) is 11.5. The molecule has 6 nitrogen and oxygen atoms in total. The van der Waals surface area contributed by atoms with Crippen LogP contribution in [0.5, 0.6) is 0 Å². The van der Waals surface area contributed by atoms with Gasteiger partial charge < -0.3 is 20.2 Å². The first-order chi connectivity index (χ1) is 9.15. The number of carbonyl (C=O) groups is 2. The van der Waals surface area contributed by atoms with Crippen LogP contribution in [-0.4, -0.2) is 66.2 Å². The van der Waals surface area contributed by atoms with Gasteiger partial charge in [0.05, 0.1) is 6.42 Å². The third-order valence-electron chi connectivity index (χ3n) is 3.83. The number of nitrogens with zero attached hydrogens (tertiary/aromatic N) is 2. The van der Waals surface area contributed by atoms with Crippen molar-refractivity contribution in [2.75, 3.05) is 39.3 Å². The Labute approximate surface area is 113 Å². The normalized spacial score (nSPS) is 20.3. The lowest BCUT2D eigenvalue weighted by atomic mass is 9.97. The first-order valence-corrected chi connectivity index (χ1v) is 7.12. The van der Waals surface area contributed by atoms with Crippen molar-refractivity contribution in [1.82, 2.24) is 15.1 Å². The number of carboxylic acids is 1. The molecule has 108 valence electrons. The number of nitrogens with one attached hydrogen (secondary N) is 1. The molecule has 2 aliphatic rings. The first kappa shape index (κ1) is 14.1. The fourth-order valence-corrected chi connectivity index (χ4v) is 2.73. The third kappa shape index (κ3) is 4.38. The van der Waals surface area contributed by atoms with Crippen molar-refractivity contribution in [1.29, 1.82) is 0 Å². The van der Waals surface area contributed by atoms with Crippen LogP contribution in [0.25, 0.3) is 0 Å². The Morgan fingerprint density at radius 2 is 1.89 bits per heavy atom. The number of carbonyl (C=O) groups excluding carboxylic acids is 1. The molecule has 2 aliphatic heterocycles. The van der Waals surface area contributed by atoms with E-state index in [-0.39, 0.29) is 18.4 Å². The van der Waals surface area contributed by atoms with E-state index in [4.69, 9.17) is 5.11 Å². The topological polar surface area (TPSA) is 72.9 Å². The van der Waals surface area contributed by atoms with Gasteiger partial charge in [-0.15, -0.1) is 0 Å². The number of hydrogen-bond acceptors (Lipinski definition) is 3. The van der Waals surface area contributed by atoms with E-state index in [2.05, 4.69) is 10.2 Å². The maximum absolute atomic E-state index is 11.7. The average Bonchev–Trinajstić information content (AvgIpc) is 2.81. The van der Waals surface area contributed by atoms with Crippen molar-refractivity contribution in [2.24, 2.45) is 5.92 Å². The fourth-order valence-electron chi connectivity index (χ4n) is 2.73. The molecule has 2 amide bonds. The number of amides is 2. The maximum atomic E-state index is 11.7. The van der Waals surface area contributed by atoms with E-state index in [0.717, 1.165) is 13.0 Å².